The molecule has 1 atom stereocenters. The van der Waals surface area contributed by atoms with Gasteiger partial charge in [0.2, 0.25) is 0 Å². The number of anilines is 1. The lowest BCUT2D eigenvalue weighted by Gasteiger charge is -2.13. The van der Waals surface area contributed by atoms with Crippen LogP contribution < -0.4 is 5.32 Å². The molecule has 2 aromatic rings. The van der Waals surface area contributed by atoms with Crippen molar-refractivity contribution in [1.82, 2.24) is 0 Å². The Balaban J connectivity index is 2.17. The molecule has 0 saturated heterocycles. The van der Waals surface area contributed by atoms with Crippen LogP contribution in [0, 0.1) is 5.82 Å². The Labute approximate surface area is 102 Å². The molecule has 1 heterocycles. The molecule has 84 valence electrons. The van der Waals surface area contributed by atoms with Crippen LogP contribution in [-0.4, -0.2) is 0 Å². The number of halogens is 2. The minimum Gasteiger partial charge on any atom is -0.466 e. The number of nitrogens with one attached hydrogen (secondary N) is 1. The molecule has 1 unspecified atom stereocenters. The first kappa shape index (κ1) is 11.2. The zero-order chi connectivity index (χ0) is 11.5. The molecular weight excluding hydrogens is 273 g/mol. The Morgan fingerprint density at radius 2 is 2.06 bits per heavy atom. The summed E-state index contributed by atoms with van der Waals surface area (Å²) in [5.74, 6) is 0.486. The van der Waals surface area contributed by atoms with Crippen molar-refractivity contribution in [2.75, 3.05) is 5.32 Å². The van der Waals surface area contributed by atoms with Crippen molar-refractivity contribution in [1.29, 1.82) is 0 Å². The van der Waals surface area contributed by atoms with E-state index in [2.05, 4.69) is 21.2 Å². The first-order valence-electron chi connectivity index (χ1n) is 4.92. The topological polar surface area (TPSA) is 25.2 Å². The molecule has 0 fully saturated rings. The van der Waals surface area contributed by atoms with Crippen LogP contribution in [0.15, 0.2) is 45.5 Å². The van der Waals surface area contributed by atoms with Gasteiger partial charge in [0.1, 0.15) is 11.6 Å². The molecule has 2 rings (SSSR count). The molecule has 0 aliphatic rings. The van der Waals surface area contributed by atoms with Crippen LogP contribution in [0.25, 0.3) is 0 Å². The fraction of sp³-hybridized carbons (Fsp3) is 0.167. The summed E-state index contributed by atoms with van der Waals surface area (Å²) >= 11 is 3.37. The summed E-state index contributed by atoms with van der Waals surface area (Å²) in [6.07, 6.45) is 1.60. The third-order valence-electron chi connectivity index (χ3n) is 2.28. The highest BCUT2D eigenvalue weighted by molar-refractivity contribution is 9.10. The largest absolute Gasteiger partial charge is 0.466 e. The molecule has 0 spiro atoms. The van der Waals surface area contributed by atoms with E-state index in [4.69, 9.17) is 4.42 Å². The van der Waals surface area contributed by atoms with Crippen molar-refractivity contribution in [2.24, 2.45) is 0 Å². The van der Waals surface area contributed by atoms with Gasteiger partial charge < -0.3 is 9.73 Å². The second-order valence-corrected chi connectivity index (χ2v) is 4.33. The third-order valence-corrected chi connectivity index (χ3v) is 2.94. The highest BCUT2D eigenvalue weighted by Crippen LogP contribution is 2.27. The molecule has 0 amide bonds. The maximum Gasteiger partial charge on any atom is 0.146 e. The molecule has 2 nitrogen and oxygen atoms in total. The standard InChI is InChI=1S/C12H11BrFNO/c1-8(12-9(13)6-7-16-12)15-11-5-3-2-4-10(11)14/h2-8,15H,1H3. The van der Waals surface area contributed by atoms with Gasteiger partial charge in [-0.1, -0.05) is 12.1 Å². The summed E-state index contributed by atoms with van der Waals surface area (Å²) < 4.78 is 19.6. The quantitative estimate of drug-likeness (QED) is 0.906. The summed E-state index contributed by atoms with van der Waals surface area (Å²) in [7, 11) is 0. The lowest BCUT2D eigenvalue weighted by Crippen LogP contribution is -2.07. The van der Waals surface area contributed by atoms with Crippen molar-refractivity contribution in [3.05, 3.63) is 52.6 Å². The third kappa shape index (κ3) is 2.27. The van der Waals surface area contributed by atoms with E-state index in [9.17, 15) is 4.39 Å². The van der Waals surface area contributed by atoms with Crippen molar-refractivity contribution in [2.45, 2.75) is 13.0 Å². The van der Waals surface area contributed by atoms with Crippen molar-refractivity contribution in [3.63, 3.8) is 0 Å². The Bertz CT molecular complexity index is 483. The summed E-state index contributed by atoms with van der Waals surface area (Å²) in [5, 5.41) is 3.05. The summed E-state index contributed by atoms with van der Waals surface area (Å²) in [4.78, 5) is 0. The van der Waals surface area contributed by atoms with Crippen molar-refractivity contribution >= 4 is 21.6 Å². The number of para-hydroxylation sites is 1. The van der Waals surface area contributed by atoms with Gasteiger partial charge >= 0.3 is 0 Å². The predicted octanol–water partition coefficient (Wildman–Crippen LogP) is 4.35. The van der Waals surface area contributed by atoms with Crippen LogP contribution in [0.4, 0.5) is 10.1 Å². The molecule has 1 aromatic carbocycles. The van der Waals surface area contributed by atoms with Gasteiger partial charge in [-0.2, -0.15) is 0 Å². The molecule has 0 radical (unpaired) electrons. The van der Waals surface area contributed by atoms with E-state index in [-0.39, 0.29) is 11.9 Å². The first-order valence-corrected chi connectivity index (χ1v) is 5.71. The highest BCUT2D eigenvalue weighted by Gasteiger charge is 2.13. The number of furan rings is 1. The van der Waals surface area contributed by atoms with Gasteiger partial charge in [0.05, 0.1) is 22.5 Å². The molecule has 4 heteroatoms. The van der Waals surface area contributed by atoms with E-state index in [1.54, 1.807) is 24.5 Å². The van der Waals surface area contributed by atoms with Crippen LogP contribution in [0.2, 0.25) is 0 Å². The SMILES string of the molecule is CC(Nc1ccccc1F)c1occc1Br. The molecule has 16 heavy (non-hydrogen) atoms. The molecule has 0 bridgehead atoms. The second kappa shape index (κ2) is 4.70. The van der Waals surface area contributed by atoms with Gasteiger partial charge in [-0.3, -0.25) is 0 Å². The van der Waals surface area contributed by atoms with Crippen molar-refractivity contribution in [3.8, 4) is 0 Å². The summed E-state index contributed by atoms with van der Waals surface area (Å²) in [6, 6.07) is 8.29. The first-order chi connectivity index (χ1) is 7.68. The monoisotopic (exact) mass is 283 g/mol. The Morgan fingerprint density at radius 1 is 1.31 bits per heavy atom. The fourth-order valence-electron chi connectivity index (χ4n) is 1.49. The zero-order valence-corrected chi connectivity index (χ0v) is 10.3. The van der Waals surface area contributed by atoms with Crippen LogP contribution in [0.5, 0.6) is 0 Å². The van der Waals surface area contributed by atoms with Crippen molar-refractivity contribution < 1.29 is 8.81 Å². The van der Waals surface area contributed by atoms with Gasteiger partial charge in [0.15, 0.2) is 0 Å². The Morgan fingerprint density at radius 3 is 2.69 bits per heavy atom. The van der Waals surface area contributed by atoms with Gasteiger partial charge in [0, 0.05) is 0 Å². The molecule has 0 saturated carbocycles. The van der Waals surface area contributed by atoms with E-state index < -0.39 is 0 Å². The van der Waals surface area contributed by atoms with Crippen LogP contribution in [0.3, 0.4) is 0 Å². The number of benzene rings is 1. The van der Waals surface area contributed by atoms with Gasteiger partial charge in [-0.25, -0.2) is 4.39 Å². The fourth-order valence-corrected chi connectivity index (χ4v) is 2.04. The van der Waals surface area contributed by atoms with E-state index in [0.717, 1.165) is 10.2 Å². The van der Waals surface area contributed by atoms with Crippen LogP contribution in [-0.2, 0) is 0 Å². The normalized spacial score (nSPS) is 12.4. The summed E-state index contributed by atoms with van der Waals surface area (Å²) in [5.41, 5.74) is 0.471. The van der Waals surface area contributed by atoms with Gasteiger partial charge in [0.25, 0.3) is 0 Å². The average molecular weight is 284 g/mol. The second-order valence-electron chi connectivity index (χ2n) is 3.48. The molecular formula is C12H11BrFNO. The zero-order valence-electron chi connectivity index (χ0n) is 8.71. The molecule has 0 aliphatic heterocycles. The van der Waals surface area contributed by atoms with Gasteiger partial charge in [-0.15, -0.1) is 0 Å². The van der Waals surface area contributed by atoms with E-state index >= 15 is 0 Å². The number of hydrogen-bond acceptors (Lipinski definition) is 2. The highest BCUT2D eigenvalue weighted by atomic mass is 79.9. The maximum atomic E-state index is 13.4. The number of rotatable bonds is 3. The van der Waals surface area contributed by atoms with Crippen LogP contribution in [0.1, 0.15) is 18.7 Å². The lowest BCUT2D eigenvalue weighted by molar-refractivity contribution is 0.487. The Hall–Kier alpha value is -1.29. The van der Waals surface area contributed by atoms with Gasteiger partial charge in [-0.05, 0) is 41.1 Å². The molecule has 1 N–H and O–H groups in total. The Kier molecular flexibility index (Phi) is 3.29. The van der Waals surface area contributed by atoms with Crippen LogP contribution >= 0.6 is 15.9 Å². The molecule has 0 aliphatic carbocycles. The molecule has 1 aromatic heterocycles. The maximum absolute atomic E-state index is 13.4. The van der Waals surface area contributed by atoms with E-state index in [0.29, 0.717) is 5.69 Å². The minimum atomic E-state index is -0.267. The number of hydrogen-bond donors (Lipinski definition) is 1. The summed E-state index contributed by atoms with van der Waals surface area (Å²) in [6.45, 7) is 1.91. The van der Waals surface area contributed by atoms with E-state index in [1.165, 1.54) is 6.07 Å². The predicted molar refractivity (Wildman–Crippen MR) is 64.8 cm³/mol. The minimum absolute atomic E-state index is 0.0960. The average Bonchev–Trinajstić information content (AvgIpc) is 2.68. The smallest absolute Gasteiger partial charge is 0.146 e. The lowest BCUT2D eigenvalue weighted by atomic mass is 10.2. The van der Waals surface area contributed by atoms with E-state index in [1.807, 2.05) is 13.0 Å².